The molecule has 0 saturated carbocycles. The average Bonchev–Trinajstić information content (AvgIpc) is 3.50. The Kier molecular flexibility index (Phi) is 4.38. The van der Waals surface area contributed by atoms with Crippen molar-refractivity contribution in [3.8, 4) is 0 Å². The Morgan fingerprint density at radius 3 is 2.94 bits per heavy atom. The maximum atomic E-state index is 12.9. The van der Waals surface area contributed by atoms with Crippen LogP contribution in [0.3, 0.4) is 0 Å². The van der Waals surface area contributed by atoms with Crippen molar-refractivity contribution in [3.63, 3.8) is 0 Å². The standard InChI is InChI=1S/C24H24N8O2/c1-24(2)16-6-5-15(12-18(16)28-22(24)34)27-23-30-20-19(26-9-10-32(20)31-23)29-21(33)14-4-3-13-7-8-25-17(13)11-14/h3-6,9-12,20,25H,7-8H2,1-2H3,(H,28,34)(H,26,29,33)(H2,27,30,31). The zero-order chi connectivity index (χ0) is 23.4. The summed E-state index contributed by atoms with van der Waals surface area (Å²) < 4.78 is 0. The third-order valence-electron chi connectivity index (χ3n) is 6.53. The van der Waals surface area contributed by atoms with Crippen LogP contribution in [-0.4, -0.2) is 41.3 Å². The van der Waals surface area contributed by atoms with Crippen LogP contribution in [0.4, 0.5) is 17.1 Å². The van der Waals surface area contributed by atoms with Crippen LogP contribution in [0.5, 0.6) is 0 Å². The molecule has 172 valence electrons. The Hall–Kier alpha value is -4.34. The number of carbonyl (C=O) groups is 2. The smallest absolute Gasteiger partial charge is 0.256 e. The average molecular weight is 457 g/mol. The van der Waals surface area contributed by atoms with Gasteiger partial charge in [0.15, 0.2) is 5.84 Å². The third kappa shape index (κ3) is 3.26. The van der Waals surface area contributed by atoms with Gasteiger partial charge in [-0.3, -0.25) is 20.0 Å². The van der Waals surface area contributed by atoms with Gasteiger partial charge in [0.25, 0.3) is 5.91 Å². The number of anilines is 3. The van der Waals surface area contributed by atoms with Crippen LogP contribution in [0.1, 0.15) is 35.3 Å². The van der Waals surface area contributed by atoms with E-state index < -0.39 is 11.6 Å². The number of hydrogen-bond acceptors (Lipinski definition) is 8. The van der Waals surface area contributed by atoms with Gasteiger partial charge in [-0.15, -0.1) is 0 Å². The predicted molar refractivity (Wildman–Crippen MR) is 131 cm³/mol. The summed E-state index contributed by atoms with van der Waals surface area (Å²) in [5.74, 6) is 0.671. The topological polar surface area (TPSA) is 122 Å². The van der Waals surface area contributed by atoms with Crippen molar-refractivity contribution in [2.75, 3.05) is 22.5 Å². The molecule has 10 heteroatoms. The molecule has 1 atom stereocenters. The van der Waals surface area contributed by atoms with Gasteiger partial charge < -0.3 is 21.3 Å². The molecule has 4 aliphatic heterocycles. The van der Waals surface area contributed by atoms with Crippen molar-refractivity contribution >= 4 is 40.7 Å². The molecule has 0 bridgehead atoms. The number of amidine groups is 1. The van der Waals surface area contributed by atoms with Crippen molar-refractivity contribution in [1.29, 1.82) is 0 Å². The summed E-state index contributed by atoms with van der Waals surface area (Å²) in [4.78, 5) is 34.1. The molecule has 6 rings (SSSR count). The van der Waals surface area contributed by atoms with Gasteiger partial charge >= 0.3 is 0 Å². The van der Waals surface area contributed by atoms with Crippen LogP contribution < -0.4 is 26.7 Å². The van der Waals surface area contributed by atoms with Crippen molar-refractivity contribution in [1.82, 2.24) is 15.8 Å². The van der Waals surface area contributed by atoms with Crippen molar-refractivity contribution < 1.29 is 9.59 Å². The second kappa shape index (κ2) is 7.34. The molecule has 2 aromatic rings. The molecule has 0 fully saturated rings. The SMILES string of the molecule is CC1(C)C(=O)Nc2cc(NC3=NC4C(NC(=O)c5ccc6c(c5)NCC6)=NC=CN4N3)ccc21. The Balaban J connectivity index is 1.18. The lowest BCUT2D eigenvalue weighted by molar-refractivity contribution is -0.119. The zero-order valence-corrected chi connectivity index (χ0v) is 18.8. The number of rotatable bonds is 2. The zero-order valence-electron chi connectivity index (χ0n) is 18.8. The van der Waals surface area contributed by atoms with E-state index in [4.69, 9.17) is 0 Å². The molecule has 0 aromatic heterocycles. The van der Waals surface area contributed by atoms with Gasteiger partial charge in [0, 0.05) is 41.6 Å². The first-order chi connectivity index (χ1) is 16.4. The van der Waals surface area contributed by atoms with Crippen LogP contribution in [-0.2, 0) is 16.6 Å². The minimum absolute atomic E-state index is 0.0194. The first kappa shape index (κ1) is 20.3. The molecule has 4 aliphatic rings. The fraction of sp³-hybridized carbons (Fsp3) is 0.250. The second-order valence-electron chi connectivity index (χ2n) is 9.15. The summed E-state index contributed by atoms with van der Waals surface area (Å²) in [7, 11) is 0. The molecule has 5 N–H and O–H groups in total. The molecule has 0 spiro atoms. The van der Waals surface area contributed by atoms with E-state index in [1.807, 2.05) is 50.2 Å². The molecule has 10 nitrogen and oxygen atoms in total. The van der Waals surface area contributed by atoms with Gasteiger partial charge in [-0.05, 0) is 55.7 Å². The Bertz CT molecular complexity index is 1330. The number of nitrogens with zero attached hydrogens (tertiary/aromatic N) is 3. The molecular formula is C24H24N8O2. The van der Waals surface area contributed by atoms with Crippen molar-refractivity contribution in [2.45, 2.75) is 31.8 Å². The Labute approximate surface area is 196 Å². The highest BCUT2D eigenvalue weighted by Gasteiger charge is 2.38. The van der Waals surface area contributed by atoms with E-state index in [0.29, 0.717) is 17.4 Å². The van der Waals surface area contributed by atoms with Crippen LogP contribution in [0.15, 0.2) is 58.8 Å². The second-order valence-corrected chi connectivity index (χ2v) is 9.15. The highest BCUT2D eigenvalue weighted by molar-refractivity contribution is 6.10. The summed E-state index contributed by atoms with van der Waals surface area (Å²) in [6.07, 6.45) is 3.81. The quantitative estimate of drug-likeness (QED) is 0.472. The maximum absolute atomic E-state index is 12.9. The van der Waals surface area contributed by atoms with Gasteiger partial charge in [-0.25, -0.2) is 9.98 Å². The molecule has 0 aliphatic carbocycles. The van der Waals surface area contributed by atoms with Crippen LogP contribution >= 0.6 is 0 Å². The first-order valence-electron chi connectivity index (χ1n) is 11.2. The molecule has 0 radical (unpaired) electrons. The summed E-state index contributed by atoms with van der Waals surface area (Å²) >= 11 is 0. The molecule has 4 heterocycles. The third-order valence-corrected chi connectivity index (χ3v) is 6.53. The van der Waals surface area contributed by atoms with E-state index in [-0.39, 0.29) is 11.8 Å². The summed E-state index contributed by atoms with van der Waals surface area (Å²) in [6, 6.07) is 11.4. The van der Waals surface area contributed by atoms with E-state index >= 15 is 0 Å². The van der Waals surface area contributed by atoms with E-state index in [0.717, 1.165) is 35.6 Å². The minimum atomic E-state index is -0.555. The summed E-state index contributed by atoms with van der Waals surface area (Å²) in [5.41, 5.74) is 7.92. The fourth-order valence-corrected chi connectivity index (χ4v) is 4.55. The first-order valence-corrected chi connectivity index (χ1v) is 11.2. The van der Waals surface area contributed by atoms with E-state index in [9.17, 15) is 9.59 Å². The lowest BCUT2D eigenvalue weighted by atomic mass is 9.86. The number of amides is 2. The molecule has 1 unspecified atom stereocenters. The Morgan fingerprint density at radius 2 is 2.06 bits per heavy atom. The molecule has 0 saturated heterocycles. The fourth-order valence-electron chi connectivity index (χ4n) is 4.55. The lowest BCUT2D eigenvalue weighted by Gasteiger charge is -2.24. The molecule has 2 amide bonds. The summed E-state index contributed by atoms with van der Waals surface area (Å²) in [6.45, 7) is 4.70. The van der Waals surface area contributed by atoms with Crippen LogP contribution in [0.2, 0.25) is 0 Å². The maximum Gasteiger partial charge on any atom is 0.256 e. The number of hydrogen-bond donors (Lipinski definition) is 5. The summed E-state index contributed by atoms with van der Waals surface area (Å²) in [5, 5.41) is 14.1. The number of nitrogens with one attached hydrogen (secondary N) is 5. The highest BCUT2D eigenvalue weighted by Crippen LogP contribution is 2.38. The van der Waals surface area contributed by atoms with E-state index in [1.165, 1.54) is 5.56 Å². The van der Waals surface area contributed by atoms with Gasteiger partial charge in [0.2, 0.25) is 18.0 Å². The van der Waals surface area contributed by atoms with Crippen molar-refractivity contribution in [2.24, 2.45) is 9.98 Å². The van der Waals surface area contributed by atoms with Crippen LogP contribution in [0.25, 0.3) is 0 Å². The number of carbonyl (C=O) groups excluding carboxylic acids is 2. The number of guanidine groups is 1. The van der Waals surface area contributed by atoms with Gasteiger partial charge in [0.1, 0.15) is 0 Å². The molecule has 34 heavy (non-hydrogen) atoms. The monoisotopic (exact) mass is 456 g/mol. The largest absolute Gasteiger partial charge is 0.384 e. The van der Waals surface area contributed by atoms with Crippen LogP contribution in [0, 0.1) is 0 Å². The van der Waals surface area contributed by atoms with Gasteiger partial charge in [-0.1, -0.05) is 12.1 Å². The molecular weight excluding hydrogens is 432 g/mol. The highest BCUT2D eigenvalue weighted by atomic mass is 16.2. The predicted octanol–water partition coefficient (Wildman–Crippen LogP) is 2.11. The van der Waals surface area contributed by atoms with E-state index in [1.54, 1.807) is 17.4 Å². The normalized spacial score (nSPS) is 20.8. The van der Waals surface area contributed by atoms with Gasteiger partial charge in [-0.2, -0.15) is 0 Å². The van der Waals surface area contributed by atoms with E-state index in [2.05, 4.69) is 36.7 Å². The molecule has 2 aromatic carbocycles. The number of hydrazine groups is 1. The lowest BCUT2D eigenvalue weighted by Crippen LogP contribution is -2.48. The van der Waals surface area contributed by atoms with Crippen molar-refractivity contribution in [3.05, 3.63) is 65.5 Å². The number of aliphatic imine (C=N–C) groups is 2. The Morgan fingerprint density at radius 1 is 1.18 bits per heavy atom. The number of fused-ring (bicyclic) bond motifs is 3. The van der Waals surface area contributed by atoms with Gasteiger partial charge in [0.05, 0.1) is 5.41 Å². The minimum Gasteiger partial charge on any atom is -0.384 e. The number of benzene rings is 2.